The standard InChI is InChI=1S/C14H22ClN/c1-3-4-5-6-11-16-12(2)13-7-9-14(15)10-8-13/h7-10,12,16H,3-6,11H2,1-2H3/t12-/m1/s1. The van der Waals surface area contributed by atoms with Crippen LogP contribution in [0.4, 0.5) is 0 Å². The third kappa shape index (κ3) is 5.00. The fraction of sp³-hybridized carbons (Fsp3) is 0.571. The van der Waals surface area contributed by atoms with Crippen LogP contribution in [0.5, 0.6) is 0 Å². The first-order valence-corrected chi connectivity index (χ1v) is 6.60. The summed E-state index contributed by atoms with van der Waals surface area (Å²) in [6.07, 6.45) is 5.24. The van der Waals surface area contributed by atoms with Crippen LogP contribution >= 0.6 is 11.6 Å². The maximum Gasteiger partial charge on any atom is 0.0406 e. The van der Waals surface area contributed by atoms with E-state index < -0.39 is 0 Å². The van der Waals surface area contributed by atoms with Gasteiger partial charge in [0, 0.05) is 11.1 Å². The first-order chi connectivity index (χ1) is 7.74. The Morgan fingerprint density at radius 3 is 2.44 bits per heavy atom. The summed E-state index contributed by atoms with van der Waals surface area (Å²) in [5.74, 6) is 0. The Morgan fingerprint density at radius 2 is 1.81 bits per heavy atom. The molecule has 2 heteroatoms. The lowest BCUT2D eigenvalue weighted by molar-refractivity contribution is 0.536. The molecule has 1 atom stereocenters. The van der Waals surface area contributed by atoms with E-state index in [1.54, 1.807) is 0 Å². The monoisotopic (exact) mass is 239 g/mol. The molecule has 0 aliphatic rings. The van der Waals surface area contributed by atoms with Crippen molar-refractivity contribution in [2.24, 2.45) is 0 Å². The molecule has 16 heavy (non-hydrogen) atoms. The summed E-state index contributed by atoms with van der Waals surface area (Å²) in [4.78, 5) is 0. The topological polar surface area (TPSA) is 12.0 Å². The molecule has 90 valence electrons. The second kappa shape index (κ2) is 7.70. The SMILES string of the molecule is CCCCCCN[C@H](C)c1ccc(Cl)cc1. The van der Waals surface area contributed by atoms with Gasteiger partial charge in [-0.15, -0.1) is 0 Å². The van der Waals surface area contributed by atoms with E-state index in [1.165, 1.54) is 31.2 Å². The number of rotatable bonds is 7. The maximum atomic E-state index is 5.86. The molecule has 0 radical (unpaired) electrons. The molecule has 0 saturated heterocycles. The highest BCUT2D eigenvalue weighted by Crippen LogP contribution is 2.15. The zero-order valence-electron chi connectivity index (χ0n) is 10.3. The van der Waals surface area contributed by atoms with Gasteiger partial charge in [0.25, 0.3) is 0 Å². The highest BCUT2D eigenvalue weighted by Gasteiger charge is 2.03. The fourth-order valence-electron chi connectivity index (χ4n) is 1.74. The van der Waals surface area contributed by atoms with Gasteiger partial charge in [-0.1, -0.05) is 49.9 Å². The van der Waals surface area contributed by atoms with Crippen LogP contribution in [-0.2, 0) is 0 Å². The van der Waals surface area contributed by atoms with Crippen LogP contribution in [0, 0.1) is 0 Å². The van der Waals surface area contributed by atoms with E-state index in [0.717, 1.165) is 11.6 Å². The Morgan fingerprint density at radius 1 is 1.12 bits per heavy atom. The van der Waals surface area contributed by atoms with Crippen LogP contribution in [0.2, 0.25) is 5.02 Å². The van der Waals surface area contributed by atoms with Crippen LogP contribution in [-0.4, -0.2) is 6.54 Å². The molecule has 1 N–H and O–H groups in total. The smallest absolute Gasteiger partial charge is 0.0406 e. The van der Waals surface area contributed by atoms with Gasteiger partial charge in [-0.25, -0.2) is 0 Å². The van der Waals surface area contributed by atoms with Crippen LogP contribution in [0.1, 0.15) is 51.1 Å². The second-order valence-corrected chi connectivity index (χ2v) is 4.72. The summed E-state index contributed by atoms with van der Waals surface area (Å²) in [6, 6.07) is 8.50. The van der Waals surface area contributed by atoms with Gasteiger partial charge in [-0.2, -0.15) is 0 Å². The minimum atomic E-state index is 0.416. The quantitative estimate of drug-likeness (QED) is 0.688. The fourth-order valence-corrected chi connectivity index (χ4v) is 1.87. The third-order valence-electron chi connectivity index (χ3n) is 2.85. The highest BCUT2D eigenvalue weighted by molar-refractivity contribution is 6.30. The molecule has 0 fully saturated rings. The first kappa shape index (κ1) is 13.5. The highest BCUT2D eigenvalue weighted by atomic mass is 35.5. The molecule has 0 aromatic heterocycles. The molecule has 1 aromatic carbocycles. The van der Waals surface area contributed by atoms with Crippen LogP contribution < -0.4 is 5.32 Å². The van der Waals surface area contributed by atoms with Crippen molar-refractivity contribution in [1.29, 1.82) is 0 Å². The molecule has 0 unspecified atom stereocenters. The molecule has 1 nitrogen and oxygen atoms in total. The van der Waals surface area contributed by atoms with Crippen molar-refractivity contribution in [2.45, 2.75) is 45.6 Å². The Kier molecular flexibility index (Phi) is 6.51. The Labute approximate surface area is 104 Å². The van der Waals surface area contributed by atoms with Gasteiger partial charge in [-0.05, 0) is 37.6 Å². The van der Waals surface area contributed by atoms with Gasteiger partial charge in [0.1, 0.15) is 0 Å². The molecular weight excluding hydrogens is 218 g/mol. The lowest BCUT2D eigenvalue weighted by Crippen LogP contribution is -2.19. The van der Waals surface area contributed by atoms with Crippen LogP contribution in [0.3, 0.4) is 0 Å². The maximum absolute atomic E-state index is 5.86. The molecule has 0 saturated carbocycles. The molecule has 1 aromatic rings. The number of hydrogen-bond acceptors (Lipinski definition) is 1. The summed E-state index contributed by atoms with van der Waals surface area (Å²) in [5.41, 5.74) is 1.31. The normalized spacial score (nSPS) is 12.7. The van der Waals surface area contributed by atoms with E-state index in [9.17, 15) is 0 Å². The minimum absolute atomic E-state index is 0.416. The predicted octanol–water partition coefficient (Wildman–Crippen LogP) is 4.57. The largest absolute Gasteiger partial charge is 0.310 e. The number of halogens is 1. The summed E-state index contributed by atoms with van der Waals surface area (Å²) >= 11 is 5.86. The number of nitrogens with one attached hydrogen (secondary N) is 1. The molecule has 0 amide bonds. The van der Waals surface area contributed by atoms with Crippen molar-refractivity contribution in [2.75, 3.05) is 6.54 Å². The molecule has 0 aliphatic heterocycles. The van der Waals surface area contributed by atoms with Gasteiger partial charge in [0.05, 0.1) is 0 Å². The van der Waals surface area contributed by atoms with Gasteiger partial charge in [0.15, 0.2) is 0 Å². The van der Waals surface area contributed by atoms with Gasteiger partial charge < -0.3 is 5.32 Å². The second-order valence-electron chi connectivity index (χ2n) is 4.29. The molecule has 0 spiro atoms. The summed E-state index contributed by atoms with van der Waals surface area (Å²) in [5, 5.41) is 4.34. The van der Waals surface area contributed by atoms with Crippen molar-refractivity contribution in [1.82, 2.24) is 5.32 Å². The lowest BCUT2D eigenvalue weighted by Gasteiger charge is -2.14. The zero-order valence-corrected chi connectivity index (χ0v) is 11.1. The summed E-state index contributed by atoms with van der Waals surface area (Å²) < 4.78 is 0. The Bertz CT molecular complexity index is 281. The molecule has 0 aliphatic carbocycles. The van der Waals surface area contributed by atoms with Crippen molar-refractivity contribution in [3.05, 3.63) is 34.9 Å². The van der Waals surface area contributed by atoms with E-state index in [0.29, 0.717) is 6.04 Å². The van der Waals surface area contributed by atoms with Crippen LogP contribution in [0.15, 0.2) is 24.3 Å². The molecule has 1 rings (SSSR count). The van der Waals surface area contributed by atoms with Crippen molar-refractivity contribution in [3.8, 4) is 0 Å². The van der Waals surface area contributed by atoms with Gasteiger partial charge in [-0.3, -0.25) is 0 Å². The van der Waals surface area contributed by atoms with Crippen LogP contribution in [0.25, 0.3) is 0 Å². The molecule has 0 heterocycles. The number of hydrogen-bond donors (Lipinski definition) is 1. The first-order valence-electron chi connectivity index (χ1n) is 6.23. The van der Waals surface area contributed by atoms with E-state index in [2.05, 4.69) is 31.3 Å². The Balaban J connectivity index is 2.24. The third-order valence-corrected chi connectivity index (χ3v) is 3.10. The average Bonchev–Trinajstić information content (AvgIpc) is 2.29. The van der Waals surface area contributed by atoms with E-state index in [1.807, 2.05) is 12.1 Å². The van der Waals surface area contributed by atoms with Gasteiger partial charge in [0.2, 0.25) is 0 Å². The van der Waals surface area contributed by atoms with E-state index >= 15 is 0 Å². The lowest BCUT2D eigenvalue weighted by atomic mass is 10.1. The molecule has 0 bridgehead atoms. The van der Waals surface area contributed by atoms with Crippen molar-refractivity contribution in [3.63, 3.8) is 0 Å². The van der Waals surface area contributed by atoms with Crippen molar-refractivity contribution >= 4 is 11.6 Å². The van der Waals surface area contributed by atoms with Gasteiger partial charge >= 0.3 is 0 Å². The molecular formula is C14H22ClN. The number of benzene rings is 1. The summed E-state index contributed by atoms with van der Waals surface area (Å²) in [6.45, 7) is 5.54. The average molecular weight is 240 g/mol. The predicted molar refractivity (Wildman–Crippen MR) is 72.0 cm³/mol. The van der Waals surface area contributed by atoms with Crippen molar-refractivity contribution < 1.29 is 0 Å². The zero-order chi connectivity index (χ0) is 11.8. The Hall–Kier alpha value is -0.530. The minimum Gasteiger partial charge on any atom is -0.310 e. The van der Waals surface area contributed by atoms with E-state index in [-0.39, 0.29) is 0 Å². The summed E-state index contributed by atoms with van der Waals surface area (Å²) in [7, 11) is 0. The van der Waals surface area contributed by atoms with E-state index in [4.69, 9.17) is 11.6 Å². The number of unbranched alkanes of at least 4 members (excludes halogenated alkanes) is 3.